The smallest absolute Gasteiger partial charge is 0.260 e. The summed E-state index contributed by atoms with van der Waals surface area (Å²) in [5.41, 5.74) is 3.46. The van der Waals surface area contributed by atoms with Gasteiger partial charge in [0.1, 0.15) is 0 Å². The Morgan fingerprint density at radius 2 is 2.00 bits per heavy atom. The number of anilines is 2. The molecule has 0 unspecified atom stereocenters. The van der Waals surface area contributed by atoms with Gasteiger partial charge in [0.05, 0.1) is 11.3 Å². The van der Waals surface area contributed by atoms with Gasteiger partial charge in [-0.05, 0) is 48.7 Å². The van der Waals surface area contributed by atoms with Crippen LogP contribution in [0.3, 0.4) is 0 Å². The summed E-state index contributed by atoms with van der Waals surface area (Å²) in [4.78, 5) is 15.9. The highest BCUT2D eigenvalue weighted by Crippen LogP contribution is 2.35. The Labute approximate surface area is 186 Å². The molecule has 0 fully saturated rings. The lowest BCUT2D eigenvalue weighted by Crippen LogP contribution is -2.29. The Bertz CT molecular complexity index is 876. The summed E-state index contributed by atoms with van der Waals surface area (Å²) >= 11 is 2.92. The Balaban J connectivity index is 1.65. The number of hydrogen-bond acceptors (Lipinski definition) is 4. The molecule has 7 heteroatoms. The third kappa shape index (κ3) is 5.70. The third-order valence-electron chi connectivity index (χ3n) is 5.19. The average Bonchev–Trinajstić information content (AvgIpc) is 3.15. The lowest BCUT2D eigenvalue weighted by molar-refractivity contribution is -0.0121. The number of carbonyl (C=O) groups is 1. The van der Waals surface area contributed by atoms with Crippen molar-refractivity contribution in [2.45, 2.75) is 49.8 Å². The fourth-order valence-corrected chi connectivity index (χ4v) is 5.00. The first-order chi connectivity index (χ1) is 14.4. The zero-order valence-corrected chi connectivity index (χ0v) is 19.1. The van der Waals surface area contributed by atoms with Crippen molar-refractivity contribution in [2.24, 2.45) is 0 Å². The van der Waals surface area contributed by atoms with Crippen molar-refractivity contribution in [3.8, 4) is 0 Å². The van der Waals surface area contributed by atoms with Gasteiger partial charge in [0.25, 0.3) is 5.91 Å². The summed E-state index contributed by atoms with van der Waals surface area (Å²) in [5, 5.41) is 0. The predicted octanol–water partition coefficient (Wildman–Crippen LogP) is 6.89. The van der Waals surface area contributed by atoms with Crippen LogP contribution in [-0.4, -0.2) is 30.4 Å². The van der Waals surface area contributed by atoms with Crippen LogP contribution < -0.4 is 9.62 Å². The molecule has 0 aromatic heterocycles. The fraction of sp³-hybridized carbons (Fsp3) is 0.435. The molecule has 0 saturated carbocycles. The molecule has 0 bridgehead atoms. The van der Waals surface area contributed by atoms with Gasteiger partial charge in [-0.3, -0.25) is 4.79 Å². The number of halogens is 2. The van der Waals surface area contributed by atoms with Crippen molar-refractivity contribution < 1.29 is 13.6 Å². The second-order valence-electron chi connectivity index (χ2n) is 7.41. The Morgan fingerprint density at radius 3 is 2.77 bits per heavy atom. The van der Waals surface area contributed by atoms with E-state index in [1.807, 2.05) is 60.5 Å². The van der Waals surface area contributed by atoms with E-state index in [1.165, 1.54) is 23.7 Å². The number of nitrogens with zero attached hydrogens (tertiary/aromatic N) is 1. The number of rotatable bonds is 10. The number of hydrogen-bond donors (Lipinski definition) is 1. The summed E-state index contributed by atoms with van der Waals surface area (Å²) < 4.78 is 30.9. The number of amides is 1. The molecule has 0 radical (unpaired) electrons. The number of unbranched alkanes of at least 4 members (excludes halogenated alkanes) is 1. The van der Waals surface area contributed by atoms with Crippen LogP contribution in [-0.2, 0) is 6.42 Å². The van der Waals surface area contributed by atoms with Crippen LogP contribution in [0.1, 0.15) is 48.5 Å². The fourth-order valence-electron chi connectivity index (χ4n) is 3.57. The molecule has 3 nitrogen and oxygen atoms in total. The van der Waals surface area contributed by atoms with Crippen LogP contribution in [0, 0.1) is 0 Å². The zero-order chi connectivity index (χ0) is 21.6. The largest absolute Gasteiger partial charge is 0.329 e. The van der Waals surface area contributed by atoms with Crippen LogP contribution in [0.15, 0.2) is 47.4 Å². The number of fused-ring (bicyclic) bond motifs is 1. The molecule has 0 aliphatic carbocycles. The topological polar surface area (TPSA) is 32.3 Å². The standard InChI is InChI=1S/C23H28F2N2OS2/c1-3-4-12-23(24,25)13-15-30-18-9-10-21-17(16-18)11-14-27(21)22(28)19-7-5-6-8-20(19)26-29-2/h5-10,16,26H,3-4,11-15H2,1-2H3. The van der Waals surface area contributed by atoms with Crippen LogP contribution in [0.2, 0.25) is 0 Å². The van der Waals surface area contributed by atoms with E-state index >= 15 is 0 Å². The minimum absolute atomic E-state index is 0.0260. The molecule has 1 aliphatic heterocycles. The van der Waals surface area contributed by atoms with E-state index in [2.05, 4.69) is 4.72 Å². The van der Waals surface area contributed by atoms with Gasteiger partial charge < -0.3 is 9.62 Å². The zero-order valence-electron chi connectivity index (χ0n) is 17.4. The predicted molar refractivity (Wildman–Crippen MR) is 125 cm³/mol. The number of alkyl halides is 2. The van der Waals surface area contributed by atoms with E-state index in [4.69, 9.17) is 0 Å². The van der Waals surface area contributed by atoms with Crippen LogP contribution in [0.5, 0.6) is 0 Å². The number of thioether (sulfide) groups is 1. The number of benzene rings is 2. The minimum Gasteiger partial charge on any atom is -0.329 e. The van der Waals surface area contributed by atoms with E-state index < -0.39 is 5.92 Å². The molecule has 1 heterocycles. The first-order valence-electron chi connectivity index (χ1n) is 10.3. The lowest BCUT2D eigenvalue weighted by Gasteiger charge is -2.19. The molecule has 1 amide bonds. The number of carbonyl (C=O) groups excluding carboxylic acids is 1. The van der Waals surface area contributed by atoms with Gasteiger partial charge in [-0.25, -0.2) is 8.78 Å². The number of nitrogens with one attached hydrogen (secondary N) is 1. The van der Waals surface area contributed by atoms with Crippen molar-refractivity contribution in [1.29, 1.82) is 0 Å². The monoisotopic (exact) mass is 450 g/mol. The van der Waals surface area contributed by atoms with E-state index in [0.717, 1.165) is 34.7 Å². The SMILES string of the molecule is CCCCC(F)(F)CCSc1ccc2c(c1)CCN2C(=O)c1ccccc1NSC. The Morgan fingerprint density at radius 1 is 1.20 bits per heavy atom. The van der Waals surface area contributed by atoms with Gasteiger partial charge in [0, 0.05) is 42.0 Å². The average molecular weight is 451 g/mol. The van der Waals surface area contributed by atoms with Crippen LogP contribution in [0.25, 0.3) is 0 Å². The maximum Gasteiger partial charge on any atom is 0.260 e. The molecule has 1 aliphatic rings. The molecule has 0 atom stereocenters. The summed E-state index contributed by atoms with van der Waals surface area (Å²) in [6, 6.07) is 13.4. The first-order valence-corrected chi connectivity index (χ1v) is 12.5. The van der Waals surface area contributed by atoms with E-state index in [-0.39, 0.29) is 18.7 Å². The Hall–Kier alpha value is -1.73. The first kappa shape index (κ1) is 22.9. The molecule has 162 valence electrons. The van der Waals surface area contributed by atoms with Gasteiger partial charge in [-0.15, -0.1) is 11.8 Å². The molecule has 2 aromatic carbocycles. The van der Waals surface area contributed by atoms with Crippen LogP contribution >= 0.6 is 23.7 Å². The maximum absolute atomic E-state index is 13.9. The van der Waals surface area contributed by atoms with E-state index in [1.54, 1.807) is 0 Å². The van der Waals surface area contributed by atoms with Crippen molar-refractivity contribution in [3.05, 3.63) is 53.6 Å². The van der Waals surface area contributed by atoms with E-state index in [0.29, 0.717) is 24.3 Å². The summed E-state index contributed by atoms with van der Waals surface area (Å²) in [7, 11) is 0. The second-order valence-corrected chi connectivity index (χ2v) is 9.19. The molecular weight excluding hydrogens is 422 g/mol. The molecular formula is C23H28F2N2OS2. The van der Waals surface area contributed by atoms with Gasteiger partial charge in [-0.1, -0.05) is 37.4 Å². The van der Waals surface area contributed by atoms with Crippen molar-refractivity contribution in [1.82, 2.24) is 0 Å². The summed E-state index contributed by atoms with van der Waals surface area (Å²) in [6.07, 6.45) is 3.93. The highest BCUT2D eigenvalue weighted by Gasteiger charge is 2.29. The molecule has 0 saturated heterocycles. The summed E-state index contributed by atoms with van der Waals surface area (Å²) in [5.74, 6) is -2.21. The van der Waals surface area contributed by atoms with Gasteiger partial charge in [0.15, 0.2) is 0 Å². The van der Waals surface area contributed by atoms with Gasteiger partial charge in [-0.2, -0.15) is 0 Å². The van der Waals surface area contributed by atoms with Crippen molar-refractivity contribution in [3.63, 3.8) is 0 Å². The minimum atomic E-state index is -2.58. The normalized spacial score (nSPS) is 13.4. The second kappa shape index (κ2) is 10.5. The highest BCUT2D eigenvalue weighted by molar-refractivity contribution is 7.99. The quantitative estimate of drug-likeness (QED) is 0.316. The molecule has 30 heavy (non-hydrogen) atoms. The van der Waals surface area contributed by atoms with E-state index in [9.17, 15) is 13.6 Å². The Kier molecular flexibility index (Phi) is 8.06. The van der Waals surface area contributed by atoms with Crippen molar-refractivity contribution >= 4 is 41.0 Å². The molecule has 3 rings (SSSR count). The lowest BCUT2D eigenvalue weighted by atomic mass is 10.1. The van der Waals surface area contributed by atoms with Crippen LogP contribution in [0.4, 0.5) is 20.2 Å². The molecule has 0 spiro atoms. The summed E-state index contributed by atoms with van der Waals surface area (Å²) in [6.45, 7) is 2.56. The third-order valence-corrected chi connectivity index (χ3v) is 6.61. The highest BCUT2D eigenvalue weighted by atomic mass is 32.2. The van der Waals surface area contributed by atoms with Gasteiger partial charge >= 0.3 is 0 Å². The van der Waals surface area contributed by atoms with Gasteiger partial charge in [0.2, 0.25) is 5.92 Å². The van der Waals surface area contributed by atoms with Crippen molar-refractivity contribution in [2.75, 3.05) is 28.2 Å². The molecule has 1 N–H and O–H groups in total. The number of para-hydroxylation sites is 1. The maximum atomic E-state index is 13.9. The molecule has 2 aromatic rings.